The lowest BCUT2D eigenvalue weighted by Gasteiger charge is -2.35. The van der Waals surface area contributed by atoms with E-state index in [0.717, 1.165) is 62.6 Å². The van der Waals surface area contributed by atoms with Crippen molar-refractivity contribution in [1.29, 1.82) is 0 Å². The average Bonchev–Trinajstić information content (AvgIpc) is 3.43. The molecule has 1 unspecified atom stereocenters. The number of hydrogen-bond donors (Lipinski definition) is 0. The zero-order chi connectivity index (χ0) is 26.4. The Morgan fingerprint density at radius 1 is 1.18 bits per heavy atom. The van der Waals surface area contributed by atoms with Gasteiger partial charge in [0.05, 0.1) is 18.3 Å². The van der Waals surface area contributed by atoms with Crippen molar-refractivity contribution < 1.29 is 18.7 Å². The van der Waals surface area contributed by atoms with Crippen LogP contribution in [0, 0.1) is 17.7 Å². The molecule has 1 saturated carbocycles. The molecule has 6 rings (SSSR count). The molecule has 3 heterocycles. The van der Waals surface area contributed by atoms with Gasteiger partial charge in [0.15, 0.2) is 17.8 Å². The molecule has 1 aromatic heterocycles. The van der Waals surface area contributed by atoms with Gasteiger partial charge in [0, 0.05) is 24.1 Å². The average molecular weight is 538 g/mol. The number of halogens is 2. The molecule has 0 spiro atoms. The first-order chi connectivity index (χ1) is 18.3. The maximum atomic E-state index is 14.7. The van der Waals surface area contributed by atoms with Gasteiger partial charge in [-0.1, -0.05) is 30.7 Å². The summed E-state index contributed by atoms with van der Waals surface area (Å²) in [5, 5.41) is 0.334. The predicted octanol–water partition coefficient (Wildman–Crippen LogP) is 6.56. The topological polar surface area (TPSA) is 56.6 Å². The number of fused-ring (bicyclic) bond motifs is 1. The zero-order valence-corrected chi connectivity index (χ0v) is 22.6. The first-order valence-electron chi connectivity index (χ1n) is 13.5. The molecular formula is C30H33ClFN3O3. The molecule has 0 N–H and O–H groups in total. The fourth-order valence-corrected chi connectivity index (χ4v) is 6.53. The van der Waals surface area contributed by atoms with Crippen molar-refractivity contribution in [3.05, 3.63) is 76.1 Å². The van der Waals surface area contributed by atoms with E-state index in [2.05, 4.69) is 27.4 Å². The summed E-state index contributed by atoms with van der Waals surface area (Å²) < 4.78 is 29.4. The highest BCUT2D eigenvalue weighted by Crippen LogP contribution is 2.49. The SMILES string of the molecule is CC1CC(Cn2c(C=O)cnc2CN2CCC(c3cccc4c3OC(C)(c3ccc(Cl)cc3F)O4)CC2)C1. The number of aromatic nitrogens is 2. The van der Waals surface area contributed by atoms with Crippen LogP contribution < -0.4 is 9.47 Å². The van der Waals surface area contributed by atoms with Gasteiger partial charge in [-0.3, -0.25) is 9.69 Å². The van der Waals surface area contributed by atoms with Gasteiger partial charge in [-0.25, -0.2) is 9.37 Å². The summed E-state index contributed by atoms with van der Waals surface area (Å²) in [5.74, 6) is 2.33. The highest BCUT2D eigenvalue weighted by Gasteiger charge is 2.43. The first-order valence-corrected chi connectivity index (χ1v) is 13.9. The fourth-order valence-electron chi connectivity index (χ4n) is 6.38. The molecule has 0 amide bonds. The second-order valence-electron chi connectivity index (χ2n) is 11.3. The summed E-state index contributed by atoms with van der Waals surface area (Å²) in [6, 6.07) is 10.5. The number of imidazole rings is 1. The molecule has 2 aliphatic heterocycles. The van der Waals surface area contributed by atoms with Crippen LogP contribution in [0.15, 0.2) is 42.6 Å². The van der Waals surface area contributed by atoms with Crippen LogP contribution in [0.3, 0.4) is 0 Å². The number of para-hydroxylation sites is 1. The smallest absolute Gasteiger partial charge is 0.278 e. The Morgan fingerprint density at radius 2 is 1.97 bits per heavy atom. The van der Waals surface area contributed by atoms with Gasteiger partial charge >= 0.3 is 0 Å². The lowest BCUT2D eigenvalue weighted by Crippen LogP contribution is -2.34. The second kappa shape index (κ2) is 10.0. The van der Waals surface area contributed by atoms with Gasteiger partial charge in [-0.15, -0.1) is 0 Å². The van der Waals surface area contributed by atoms with E-state index in [1.807, 2.05) is 12.1 Å². The number of carbonyl (C=O) groups is 1. The molecule has 3 aromatic rings. The predicted molar refractivity (Wildman–Crippen MR) is 143 cm³/mol. The second-order valence-corrected chi connectivity index (χ2v) is 11.7. The van der Waals surface area contributed by atoms with Crippen LogP contribution in [-0.2, 0) is 18.9 Å². The lowest BCUT2D eigenvalue weighted by molar-refractivity contribution is -0.0712. The third-order valence-corrected chi connectivity index (χ3v) is 8.66. The minimum atomic E-state index is -1.25. The Hall–Kier alpha value is -2.90. The van der Waals surface area contributed by atoms with Crippen LogP contribution in [0.5, 0.6) is 11.5 Å². The summed E-state index contributed by atoms with van der Waals surface area (Å²) in [7, 11) is 0. The molecule has 1 saturated heterocycles. The quantitative estimate of drug-likeness (QED) is 0.319. The Balaban J connectivity index is 1.13. The van der Waals surface area contributed by atoms with Gasteiger partial charge in [0.2, 0.25) is 0 Å². The van der Waals surface area contributed by atoms with Gasteiger partial charge in [0.25, 0.3) is 5.79 Å². The fraction of sp³-hybridized carbons (Fsp3) is 0.467. The largest absolute Gasteiger partial charge is 0.444 e. The highest BCUT2D eigenvalue weighted by atomic mass is 35.5. The number of nitrogens with zero attached hydrogens (tertiary/aromatic N) is 3. The van der Waals surface area contributed by atoms with E-state index in [-0.39, 0.29) is 0 Å². The minimum absolute atomic E-state index is 0.309. The molecule has 8 heteroatoms. The van der Waals surface area contributed by atoms with E-state index < -0.39 is 11.6 Å². The summed E-state index contributed by atoms with van der Waals surface area (Å²) in [6.07, 6.45) is 7.01. The normalized spacial score (nSPS) is 25.4. The van der Waals surface area contributed by atoms with Crippen molar-refractivity contribution in [2.24, 2.45) is 11.8 Å². The molecule has 3 aliphatic rings. The molecule has 6 nitrogen and oxygen atoms in total. The van der Waals surface area contributed by atoms with Crippen molar-refractivity contribution in [3.8, 4) is 11.5 Å². The van der Waals surface area contributed by atoms with Crippen LogP contribution in [0.25, 0.3) is 0 Å². The van der Waals surface area contributed by atoms with E-state index in [1.165, 1.54) is 18.9 Å². The van der Waals surface area contributed by atoms with Crippen LogP contribution >= 0.6 is 11.6 Å². The van der Waals surface area contributed by atoms with Crippen LogP contribution in [-0.4, -0.2) is 33.8 Å². The summed E-state index contributed by atoms with van der Waals surface area (Å²) in [5.41, 5.74) is 2.09. The lowest BCUT2D eigenvalue weighted by atomic mass is 9.76. The Bertz CT molecular complexity index is 1350. The molecular weight excluding hydrogens is 505 g/mol. The Labute approximate surface area is 227 Å². The number of likely N-dealkylation sites (tertiary alicyclic amines) is 1. The molecule has 1 atom stereocenters. The summed E-state index contributed by atoms with van der Waals surface area (Å²) in [6.45, 7) is 7.48. The number of carbonyl (C=O) groups excluding carboxylic acids is 1. The molecule has 200 valence electrons. The number of hydrogen-bond acceptors (Lipinski definition) is 5. The standard InChI is InChI=1S/C30H33ClFN3O3/c1-19-12-20(13-19)16-35-23(18-36)15-33-28(35)17-34-10-8-21(9-11-34)24-4-3-5-27-29(24)38-30(2,37-27)25-7-6-22(31)14-26(25)32/h3-7,14-15,18-21H,8-13,16-17H2,1-2H3. The molecule has 1 aliphatic carbocycles. The molecule has 2 aromatic carbocycles. The number of rotatable bonds is 7. The highest BCUT2D eigenvalue weighted by molar-refractivity contribution is 6.30. The monoisotopic (exact) mass is 537 g/mol. The molecule has 0 bridgehead atoms. The third-order valence-electron chi connectivity index (χ3n) is 8.43. The maximum absolute atomic E-state index is 14.7. The van der Waals surface area contributed by atoms with Gasteiger partial charge in [-0.2, -0.15) is 0 Å². The van der Waals surface area contributed by atoms with E-state index in [4.69, 9.17) is 21.1 Å². The summed E-state index contributed by atoms with van der Waals surface area (Å²) >= 11 is 5.96. The Morgan fingerprint density at radius 3 is 2.68 bits per heavy atom. The van der Waals surface area contributed by atoms with Crippen molar-refractivity contribution in [2.75, 3.05) is 13.1 Å². The maximum Gasteiger partial charge on any atom is 0.278 e. The zero-order valence-electron chi connectivity index (χ0n) is 21.8. The Kier molecular flexibility index (Phi) is 6.68. The summed E-state index contributed by atoms with van der Waals surface area (Å²) in [4.78, 5) is 18.7. The third kappa shape index (κ3) is 4.71. The minimum Gasteiger partial charge on any atom is -0.444 e. The van der Waals surface area contributed by atoms with Gasteiger partial charge in [-0.05, 0) is 80.8 Å². The molecule has 2 fully saturated rings. The van der Waals surface area contributed by atoms with Gasteiger partial charge in [0.1, 0.15) is 17.3 Å². The van der Waals surface area contributed by atoms with Crippen LogP contribution in [0.2, 0.25) is 5.02 Å². The van der Waals surface area contributed by atoms with E-state index >= 15 is 0 Å². The number of ether oxygens (including phenoxy) is 2. The number of aldehydes is 1. The van der Waals surface area contributed by atoms with Crippen molar-refractivity contribution in [1.82, 2.24) is 14.5 Å². The van der Waals surface area contributed by atoms with Crippen molar-refractivity contribution in [3.63, 3.8) is 0 Å². The molecule has 0 radical (unpaired) electrons. The van der Waals surface area contributed by atoms with Crippen LogP contribution in [0.4, 0.5) is 4.39 Å². The van der Waals surface area contributed by atoms with Gasteiger partial charge < -0.3 is 14.0 Å². The number of benzene rings is 2. The first kappa shape index (κ1) is 25.4. The van der Waals surface area contributed by atoms with Crippen LogP contribution in [0.1, 0.15) is 72.9 Å². The molecule has 38 heavy (non-hydrogen) atoms. The van der Waals surface area contributed by atoms with E-state index in [1.54, 1.807) is 25.3 Å². The number of piperidine rings is 1. The van der Waals surface area contributed by atoms with Crippen molar-refractivity contribution >= 4 is 17.9 Å². The van der Waals surface area contributed by atoms with Crippen molar-refractivity contribution in [2.45, 2.75) is 64.3 Å². The van der Waals surface area contributed by atoms with E-state index in [0.29, 0.717) is 39.6 Å². The van der Waals surface area contributed by atoms with E-state index in [9.17, 15) is 9.18 Å².